The summed E-state index contributed by atoms with van der Waals surface area (Å²) in [6.45, 7) is 4.14. The molecule has 4 aromatic rings. The van der Waals surface area contributed by atoms with E-state index >= 15 is 0 Å². The molecule has 0 amide bonds. The molecular weight excluding hydrogens is 483 g/mol. The number of aromatic nitrogens is 6. The lowest BCUT2D eigenvalue weighted by Gasteiger charge is -2.00. The van der Waals surface area contributed by atoms with Crippen molar-refractivity contribution in [2.24, 2.45) is 0 Å². The Hall–Kier alpha value is -1.94. The van der Waals surface area contributed by atoms with Crippen LogP contribution in [0.4, 0.5) is 0 Å². The zero-order valence-electron chi connectivity index (χ0n) is 16.3. The Morgan fingerprint density at radius 3 is 2.06 bits per heavy atom. The zero-order valence-corrected chi connectivity index (χ0v) is 19.3. The predicted octanol–water partition coefficient (Wildman–Crippen LogP) is 5.23. The van der Waals surface area contributed by atoms with E-state index in [4.69, 9.17) is 33.9 Å². The second kappa shape index (κ2) is 10.6. The summed E-state index contributed by atoms with van der Waals surface area (Å²) in [5.41, 5.74) is 2.98. The largest absolute Gasteiger partial charge is 0.281 e. The highest BCUT2D eigenvalue weighted by Gasteiger charge is 2.23. The molecule has 4 aromatic heterocycles. The van der Waals surface area contributed by atoms with Gasteiger partial charge in [0.1, 0.15) is 5.15 Å². The Morgan fingerprint density at radius 2 is 1.48 bits per heavy atom. The van der Waals surface area contributed by atoms with Crippen molar-refractivity contribution in [3.8, 4) is 0 Å². The van der Waals surface area contributed by atoms with Crippen LogP contribution in [0.15, 0.2) is 35.5 Å². The van der Waals surface area contributed by atoms with Gasteiger partial charge in [-0.1, -0.05) is 57.3 Å². The van der Waals surface area contributed by atoms with E-state index in [1.165, 1.54) is 0 Å². The maximum absolute atomic E-state index is 11.4. The maximum atomic E-state index is 11.4. The molecule has 0 atom stereocenters. The maximum Gasteiger partial charge on any atom is 0.281 e. The summed E-state index contributed by atoms with van der Waals surface area (Å²) in [5.74, 6) is 0. The molecule has 0 fully saturated rings. The molecule has 0 radical (unpaired) electrons. The molecule has 4 heterocycles. The molecule has 0 aliphatic heterocycles. The molecule has 8 nitrogen and oxygen atoms in total. The summed E-state index contributed by atoms with van der Waals surface area (Å²) in [6.07, 6.45) is 5.46. The van der Waals surface area contributed by atoms with Crippen LogP contribution in [0.5, 0.6) is 0 Å². The fourth-order valence-electron chi connectivity index (χ4n) is 2.80. The molecule has 4 rings (SSSR count). The lowest BCUT2D eigenvalue weighted by molar-refractivity contribution is 0.601. The molecule has 0 aliphatic carbocycles. The van der Waals surface area contributed by atoms with E-state index < -0.39 is 9.05 Å². The van der Waals surface area contributed by atoms with E-state index in [2.05, 4.69) is 27.1 Å². The van der Waals surface area contributed by atoms with Crippen molar-refractivity contribution in [2.75, 3.05) is 0 Å². The lowest BCUT2D eigenvalue weighted by atomic mass is 10.2. The SMILES string of the molecule is C.CCCc1ccc2nc(Cl)c(S(=O)(=O)Cl)n2n1.CCCc1ccc2nc(Cl)cn2n1. The van der Waals surface area contributed by atoms with Gasteiger partial charge in [0.05, 0.1) is 17.6 Å². The first kappa shape index (κ1) is 25.3. The molecular formula is C19H23Cl3N6O2S. The summed E-state index contributed by atoms with van der Waals surface area (Å²) >= 11 is 11.5. The van der Waals surface area contributed by atoms with Gasteiger partial charge in [-0.15, -0.1) is 0 Å². The molecule has 168 valence electrons. The molecule has 0 saturated heterocycles. The number of halogens is 3. The third-order valence-corrected chi connectivity index (χ3v) is 5.87. The monoisotopic (exact) mass is 504 g/mol. The minimum atomic E-state index is -3.97. The van der Waals surface area contributed by atoms with Crippen LogP contribution in [0.1, 0.15) is 45.5 Å². The quantitative estimate of drug-likeness (QED) is 0.344. The standard InChI is InChI=1S/C9H9Cl2N3O2S.C9H10ClN3.CH4/c1-2-3-6-4-5-7-12-8(10)9(14(7)13-6)17(11,15)16;1-2-3-7-4-5-9-11-8(10)6-13(9)12-7;/h4-5H,2-3H2,1H3;4-6H,2-3H2,1H3;1H4. The minimum absolute atomic E-state index is 0. The van der Waals surface area contributed by atoms with Crippen LogP contribution in [0.3, 0.4) is 0 Å². The van der Waals surface area contributed by atoms with Gasteiger partial charge in [-0.2, -0.15) is 14.7 Å². The highest BCUT2D eigenvalue weighted by molar-refractivity contribution is 8.13. The molecule has 0 aliphatic rings. The lowest BCUT2D eigenvalue weighted by Crippen LogP contribution is -2.03. The molecule has 0 N–H and O–H groups in total. The van der Waals surface area contributed by atoms with Crippen LogP contribution >= 0.6 is 33.9 Å². The van der Waals surface area contributed by atoms with Crippen LogP contribution in [-0.2, 0) is 21.9 Å². The minimum Gasteiger partial charge on any atom is -0.219 e. The molecule has 31 heavy (non-hydrogen) atoms. The summed E-state index contributed by atoms with van der Waals surface area (Å²) in [5, 5.41) is 8.55. The molecule has 0 spiro atoms. The number of hydrogen-bond donors (Lipinski definition) is 0. The van der Waals surface area contributed by atoms with Gasteiger partial charge in [0.15, 0.2) is 16.4 Å². The zero-order chi connectivity index (χ0) is 21.9. The second-order valence-corrected chi connectivity index (χ2v) is 9.66. The Labute approximate surface area is 195 Å². The average molecular weight is 506 g/mol. The van der Waals surface area contributed by atoms with Gasteiger partial charge >= 0.3 is 0 Å². The Kier molecular flexibility index (Phi) is 8.65. The third-order valence-electron chi connectivity index (χ3n) is 4.04. The predicted molar refractivity (Wildman–Crippen MR) is 124 cm³/mol. The number of aryl methyl sites for hydroxylation is 2. The van der Waals surface area contributed by atoms with Gasteiger partial charge < -0.3 is 0 Å². The van der Waals surface area contributed by atoms with E-state index in [1.807, 2.05) is 19.1 Å². The number of nitrogens with zero attached hydrogens (tertiary/aromatic N) is 6. The van der Waals surface area contributed by atoms with Gasteiger partial charge in [-0.25, -0.2) is 22.9 Å². The Morgan fingerprint density at radius 1 is 0.903 bits per heavy atom. The summed E-state index contributed by atoms with van der Waals surface area (Å²) in [6, 6.07) is 7.37. The summed E-state index contributed by atoms with van der Waals surface area (Å²) < 4.78 is 25.6. The molecule has 12 heteroatoms. The van der Waals surface area contributed by atoms with Crippen molar-refractivity contribution >= 4 is 54.2 Å². The van der Waals surface area contributed by atoms with Crippen molar-refractivity contribution in [3.05, 3.63) is 52.2 Å². The van der Waals surface area contributed by atoms with Crippen molar-refractivity contribution in [2.45, 2.75) is 52.0 Å². The normalized spacial score (nSPS) is 11.3. The van der Waals surface area contributed by atoms with Crippen LogP contribution < -0.4 is 0 Å². The highest BCUT2D eigenvalue weighted by atomic mass is 35.7. The van der Waals surface area contributed by atoms with Crippen LogP contribution in [0, 0.1) is 0 Å². The number of imidazole rings is 2. The molecule has 0 saturated carbocycles. The van der Waals surface area contributed by atoms with Crippen LogP contribution in [0.2, 0.25) is 10.3 Å². The molecule has 0 unspecified atom stereocenters. The van der Waals surface area contributed by atoms with E-state index in [0.717, 1.165) is 47.2 Å². The van der Waals surface area contributed by atoms with Gasteiger partial charge in [-0.05, 0) is 37.1 Å². The smallest absolute Gasteiger partial charge is 0.219 e. The van der Waals surface area contributed by atoms with Gasteiger partial charge in [0, 0.05) is 10.7 Å². The van der Waals surface area contributed by atoms with Crippen LogP contribution in [-0.4, -0.2) is 37.6 Å². The fraction of sp³-hybridized carbons (Fsp3) is 0.368. The first-order valence-corrected chi connectivity index (χ1v) is 12.3. The third kappa shape index (κ3) is 6.06. The van der Waals surface area contributed by atoms with Crippen molar-refractivity contribution in [1.29, 1.82) is 0 Å². The van der Waals surface area contributed by atoms with E-state index in [-0.39, 0.29) is 17.6 Å². The first-order valence-electron chi connectivity index (χ1n) is 9.22. The number of hydrogen-bond acceptors (Lipinski definition) is 6. The van der Waals surface area contributed by atoms with Gasteiger partial charge in [0.25, 0.3) is 9.05 Å². The van der Waals surface area contributed by atoms with Gasteiger partial charge in [0.2, 0.25) is 5.03 Å². The average Bonchev–Trinajstić information content (AvgIpc) is 3.19. The number of fused-ring (bicyclic) bond motifs is 2. The Bertz CT molecular complexity index is 1290. The van der Waals surface area contributed by atoms with Crippen molar-refractivity contribution < 1.29 is 8.42 Å². The first-order chi connectivity index (χ1) is 14.2. The van der Waals surface area contributed by atoms with Gasteiger partial charge in [-0.3, -0.25) is 0 Å². The van der Waals surface area contributed by atoms with E-state index in [9.17, 15) is 8.42 Å². The molecule has 0 aromatic carbocycles. The second-order valence-electron chi connectivity index (χ2n) is 6.43. The van der Waals surface area contributed by atoms with E-state index in [1.54, 1.807) is 22.8 Å². The van der Waals surface area contributed by atoms with E-state index in [0.29, 0.717) is 10.8 Å². The Balaban J connectivity index is 0.000000220. The highest BCUT2D eigenvalue weighted by Crippen LogP contribution is 2.25. The molecule has 0 bridgehead atoms. The van der Waals surface area contributed by atoms with Crippen molar-refractivity contribution in [1.82, 2.24) is 29.2 Å². The summed E-state index contributed by atoms with van der Waals surface area (Å²) in [4.78, 5) is 7.96. The topological polar surface area (TPSA) is 94.5 Å². The number of rotatable bonds is 5. The summed E-state index contributed by atoms with van der Waals surface area (Å²) in [7, 11) is 1.33. The fourth-order valence-corrected chi connectivity index (χ4v) is 4.57. The van der Waals surface area contributed by atoms with Crippen LogP contribution in [0.25, 0.3) is 11.3 Å². The van der Waals surface area contributed by atoms with Crippen molar-refractivity contribution in [3.63, 3.8) is 0 Å².